The number of aromatic nitrogens is 1. The van der Waals surface area contributed by atoms with Gasteiger partial charge in [0, 0.05) is 17.5 Å². The Morgan fingerprint density at radius 1 is 1.35 bits per heavy atom. The summed E-state index contributed by atoms with van der Waals surface area (Å²) < 4.78 is 5.04. The van der Waals surface area contributed by atoms with Crippen LogP contribution in [0.5, 0.6) is 0 Å². The van der Waals surface area contributed by atoms with Crippen molar-refractivity contribution in [3.05, 3.63) is 33.9 Å². The van der Waals surface area contributed by atoms with Crippen LogP contribution in [0.15, 0.2) is 18.2 Å². The van der Waals surface area contributed by atoms with Crippen molar-refractivity contribution in [3.63, 3.8) is 0 Å². The molecule has 0 saturated carbocycles. The molecule has 0 bridgehead atoms. The van der Waals surface area contributed by atoms with Gasteiger partial charge in [0.2, 0.25) is 0 Å². The maximum Gasteiger partial charge on any atom is 0.0914 e. The minimum Gasteiger partial charge on any atom is -0.378 e. The Hall–Kier alpha value is -1.07. The second kappa shape index (κ2) is 5.06. The second-order valence-corrected chi connectivity index (χ2v) is 4.37. The second-order valence-electron chi connectivity index (χ2n) is 3.52. The predicted octanol–water partition coefficient (Wildman–Crippen LogP) is 2.97. The lowest BCUT2D eigenvalue weighted by atomic mass is 10.1. The molecule has 0 atom stereocenters. The van der Waals surface area contributed by atoms with Crippen molar-refractivity contribution < 1.29 is 4.74 Å². The number of pyridine rings is 1. The monoisotopic (exact) mass is 271 g/mol. The summed E-state index contributed by atoms with van der Waals surface area (Å²) in [6.07, 6.45) is 0. The van der Waals surface area contributed by atoms with Gasteiger partial charge in [-0.25, -0.2) is 4.98 Å². The first-order valence-electron chi connectivity index (χ1n) is 4.90. The third-order valence-corrected chi connectivity index (χ3v) is 2.84. The van der Waals surface area contributed by atoms with Gasteiger partial charge in [-0.1, -0.05) is 23.2 Å². The molecule has 1 aromatic carbocycles. The molecule has 0 saturated heterocycles. The van der Waals surface area contributed by atoms with Crippen molar-refractivity contribution in [2.45, 2.75) is 6.61 Å². The van der Waals surface area contributed by atoms with Gasteiger partial charge in [-0.15, -0.1) is 0 Å². The Kier molecular flexibility index (Phi) is 3.69. The summed E-state index contributed by atoms with van der Waals surface area (Å²) in [4.78, 5) is 4.40. The number of halogens is 2. The molecule has 90 valence electrons. The summed E-state index contributed by atoms with van der Waals surface area (Å²) in [6, 6.07) is 5.22. The largest absolute Gasteiger partial charge is 0.378 e. The number of nitrogens with zero attached hydrogens (tertiary/aromatic N) is 1. The minimum atomic E-state index is 0.392. The van der Waals surface area contributed by atoms with Crippen molar-refractivity contribution in [2.75, 3.05) is 12.5 Å². The highest BCUT2D eigenvalue weighted by Gasteiger charge is 2.09. The molecule has 6 heteroatoms. The van der Waals surface area contributed by atoms with Crippen molar-refractivity contribution in [1.29, 1.82) is 0 Å². The number of nitrogens with two attached hydrogens (primary N) is 1. The van der Waals surface area contributed by atoms with Gasteiger partial charge in [-0.05, 0) is 18.2 Å². The molecule has 4 nitrogen and oxygen atoms in total. The molecule has 0 aliphatic carbocycles. The highest BCUT2D eigenvalue weighted by Crippen LogP contribution is 2.31. The lowest BCUT2D eigenvalue weighted by molar-refractivity contribution is 0.182. The van der Waals surface area contributed by atoms with Crippen LogP contribution in [0.1, 0.15) is 5.69 Å². The highest BCUT2D eigenvalue weighted by molar-refractivity contribution is 6.38. The number of nitrogen functional groups attached to an aromatic ring is 1. The van der Waals surface area contributed by atoms with E-state index in [1.807, 2.05) is 0 Å². The topological polar surface area (TPSA) is 60.2 Å². The molecule has 0 amide bonds. The van der Waals surface area contributed by atoms with Gasteiger partial charge >= 0.3 is 0 Å². The van der Waals surface area contributed by atoms with Crippen LogP contribution in [0, 0.1) is 0 Å². The van der Waals surface area contributed by atoms with Gasteiger partial charge in [0.25, 0.3) is 0 Å². The number of methoxy groups -OCH3 is 1. The molecule has 0 fully saturated rings. The SMILES string of the molecule is COCc1cc(NN)c2cc(Cl)cc(Cl)c2n1. The predicted molar refractivity (Wildman–Crippen MR) is 70.3 cm³/mol. The molecular formula is C11H11Cl2N3O. The number of anilines is 1. The molecule has 0 aliphatic rings. The molecule has 0 spiro atoms. The molecule has 17 heavy (non-hydrogen) atoms. The Morgan fingerprint density at radius 2 is 2.12 bits per heavy atom. The summed E-state index contributed by atoms with van der Waals surface area (Å²) in [5.41, 5.74) is 4.72. The lowest BCUT2D eigenvalue weighted by Gasteiger charge is -2.10. The standard InChI is InChI=1S/C11H11Cl2N3O/c1-17-5-7-4-10(16-14)8-2-6(12)3-9(13)11(8)15-7/h2-4H,5,14H2,1H3,(H,15,16). The van der Waals surface area contributed by atoms with Gasteiger partial charge < -0.3 is 10.2 Å². The van der Waals surface area contributed by atoms with E-state index in [2.05, 4.69) is 10.4 Å². The fourth-order valence-corrected chi connectivity index (χ4v) is 2.18. The number of rotatable bonds is 3. The summed E-state index contributed by atoms with van der Waals surface area (Å²) >= 11 is 12.1. The van der Waals surface area contributed by atoms with Gasteiger partial charge in [0.15, 0.2) is 0 Å². The van der Waals surface area contributed by atoms with E-state index < -0.39 is 0 Å². The third kappa shape index (κ3) is 2.45. The van der Waals surface area contributed by atoms with Crippen molar-refractivity contribution in [2.24, 2.45) is 5.84 Å². The number of benzene rings is 1. The first kappa shape index (κ1) is 12.4. The van der Waals surface area contributed by atoms with E-state index in [0.717, 1.165) is 11.1 Å². The summed E-state index contributed by atoms with van der Waals surface area (Å²) in [7, 11) is 1.60. The molecule has 1 heterocycles. The lowest BCUT2D eigenvalue weighted by Crippen LogP contribution is -2.08. The zero-order valence-corrected chi connectivity index (χ0v) is 10.6. The minimum absolute atomic E-state index is 0.392. The van der Waals surface area contributed by atoms with Crippen molar-refractivity contribution in [1.82, 2.24) is 4.98 Å². The van der Waals surface area contributed by atoms with Gasteiger partial charge in [0.1, 0.15) is 0 Å². The molecule has 2 rings (SSSR count). The number of fused-ring (bicyclic) bond motifs is 1. The van der Waals surface area contributed by atoms with Gasteiger partial charge in [-0.3, -0.25) is 5.84 Å². The zero-order valence-electron chi connectivity index (χ0n) is 9.13. The van der Waals surface area contributed by atoms with Crippen molar-refractivity contribution >= 4 is 39.8 Å². The van der Waals surface area contributed by atoms with Crippen LogP contribution in [0.2, 0.25) is 10.0 Å². The maximum atomic E-state index is 6.11. The van der Waals surface area contributed by atoms with Crippen LogP contribution < -0.4 is 11.3 Å². The molecule has 1 aromatic heterocycles. The Labute approximate surface area is 109 Å². The normalized spacial score (nSPS) is 10.8. The van der Waals surface area contributed by atoms with Gasteiger partial charge in [0.05, 0.1) is 28.5 Å². The van der Waals surface area contributed by atoms with Crippen molar-refractivity contribution in [3.8, 4) is 0 Å². The number of nitrogens with one attached hydrogen (secondary N) is 1. The molecule has 3 N–H and O–H groups in total. The quantitative estimate of drug-likeness (QED) is 0.666. The fraction of sp³-hybridized carbons (Fsp3) is 0.182. The third-order valence-electron chi connectivity index (χ3n) is 2.33. The van der Waals surface area contributed by atoms with E-state index in [1.54, 1.807) is 25.3 Å². The Morgan fingerprint density at radius 3 is 2.76 bits per heavy atom. The summed E-state index contributed by atoms with van der Waals surface area (Å²) in [5.74, 6) is 5.48. The Bertz CT molecular complexity index is 560. The van der Waals surface area contributed by atoms with E-state index in [1.165, 1.54) is 0 Å². The molecular weight excluding hydrogens is 261 g/mol. The number of hydrazine groups is 1. The van der Waals surface area contributed by atoms with Crippen LogP contribution in [-0.2, 0) is 11.3 Å². The molecule has 2 aromatic rings. The van der Waals surface area contributed by atoms with E-state index in [4.69, 9.17) is 33.8 Å². The van der Waals surface area contributed by atoms with Crippen LogP contribution in [0.4, 0.5) is 5.69 Å². The summed E-state index contributed by atoms with van der Waals surface area (Å²) in [5, 5.41) is 1.81. The number of hydrogen-bond donors (Lipinski definition) is 2. The maximum absolute atomic E-state index is 6.11. The zero-order chi connectivity index (χ0) is 12.4. The molecule has 0 aliphatic heterocycles. The van der Waals surface area contributed by atoms with Crippen LogP contribution >= 0.6 is 23.2 Å². The van der Waals surface area contributed by atoms with Crippen LogP contribution in [-0.4, -0.2) is 12.1 Å². The van der Waals surface area contributed by atoms with Crippen LogP contribution in [0.3, 0.4) is 0 Å². The van der Waals surface area contributed by atoms with E-state index in [0.29, 0.717) is 27.9 Å². The van der Waals surface area contributed by atoms with E-state index in [-0.39, 0.29) is 0 Å². The van der Waals surface area contributed by atoms with Crippen LogP contribution in [0.25, 0.3) is 10.9 Å². The average Bonchev–Trinajstić information content (AvgIpc) is 2.29. The fourth-order valence-electron chi connectivity index (χ4n) is 1.65. The van der Waals surface area contributed by atoms with E-state index in [9.17, 15) is 0 Å². The molecule has 0 unspecified atom stereocenters. The first-order valence-corrected chi connectivity index (χ1v) is 5.65. The first-order chi connectivity index (χ1) is 8.15. The average molecular weight is 272 g/mol. The molecule has 0 radical (unpaired) electrons. The Balaban J connectivity index is 2.73. The summed E-state index contributed by atoms with van der Waals surface area (Å²) in [6.45, 7) is 0.392. The highest BCUT2D eigenvalue weighted by atomic mass is 35.5. The number of hydrogen-bond acceptors (Lipinski definition) is 4. The van der Waals surface area contributed by atoms with Gasteiger partial charge in [-0.2, -0.15) is 0 Å². The van der Waals surface area contributed by atoms with E-state index >= 15 is 0 Å². The smallest absolute Gasteiger partial charge is 0.0914 e. The number of ether oxygens (including phenoxy) is 1.